The number of carbonyl (C=O) groups is 2. The molecular weight excluding hydrogens is 328 g/mol. The number of hydrogen-bond donors (Lipinski definition) is 0. The average molecular weight is 355 g/mol. The van der Waals surface area contributed by atoms with Crippen molar-refractivity contribution in [3.8, 4) is 0 Å². The van der Waals surface area contributed by atoms with Crippen LogP contribution < -0.4 is 0 Å². The molecule has 0 spiro atoms. The predicted molar refractivity (Wildman–Crippen MR) is 94.7 cm³/mol. The maximum Gasteiger partial charge on any atom is 0.306 e. The van der Waals surface area contributed by atoms with Crippen molar-refractivity contribution in [1.82, 2.24) is 0 Å². The van der Waals surface area contributed by atoms with E-state index in [0.29, 0.717) is 18.9 Å². The third-order valence-electron chi connectivity index (χ3n) is 3.60. The number of hydrogen-bond acceptors (Lipinski definition) is 4. The smallest absolute Gasteiger partial charge is 0.306 e. The molecule has 0 aromatic heterocycles. The molecule has 0 heterocycles. The number of benzene rings is 1. The summed E-state index contributed by atoms with van der Waals surface area (Å²) in [6.07, 6.45) is 5.26. The topological polar surface area (TPSA) is 52.6 Å². The molecule has 4 nitrogen and oxygen atoms in total. The Morgan fingerprint density at radius 2 is 1.50 bits per heavy atom. The van der Waals surface area contributed by atoms with Crippen molar-refractivity contribution in [2.24, 2.45) is 0 Å². The van der Waals surface area contributed by atoms with Gasteiger partial charge in [0.25, 0.3) is 0 Å². The zero-order valence-corrected chi connectivity index (χ0v) is 15.1. The molecule has 0 bridgehead atoms. The van der Waals surface area contributed by atoms with Crippen LogP contribution in [0.25, 0.3) is 0 Å². The van der Waals surface area contributed by atoms with E-state index in [4.69, 9.17) is 21.1 Å². The van der Waals surface area contributed by atoms with Crippen LogP contribution in [0.5, 0.6) is 0 Å². The summed E-state index contributed by atoms with van der Waals surface area (Å²) in [5, 5.41) is 0. The lowest BCUT2D eigenvalue weighted by molar-refractivity contribution is -0.146. The Morgan fingerprint density at radius 3 is 2.12 bits per heavy atom. The minimum atomic E-state index is -0.299. The average Bonchev–Trinajstić information content (AvgIpc) is 2.60. The molecule has 0 amide bonds. The van der Waals surface area contributed by atoms with Crippen molar-refractivity contribution in [3.63, 3.8) is 0 Å². The molecule has 0 atom stereocenters. The van der Waals surface area contributed by atoms with E-state index in [9.17, 15) is 9.59 Å². The molecule has 1 rings (SSSR count). The number of unbranched alkanes of at least 4 members (excludes halogenated alkanes) is 3. The number of rotatable bonds is 12. The summed E-state index contributed by atoms with van der Waals surface area (Å²) in [6, 6.07) is 7.60. The van der Waals surface area contributed by atoms with Crippen LogP contribution in [0, 0.1) is 0 Å². The van der Waals surface area contributed by atoms with Gasteiger partial charge in [0.05, 0.1) is 6.61 Å². The summed E-state index contributed by atoms with van der Waals surface area (Å²) >= 11 is 5.72. The zero-order valence-electron chi connectivity index (χ0n) is 14.4. The Labute approximate surface area is 149 Å². The lowest BCUT2D eigenvalue weighted by atomic mass is 10.2. The highest BCUT2D eigenvalue weighted by Crippen LogP contribution is 2.09. The minimum Gasteiger partial charge on any atom is -0.466 e. The fourth-order valence-electron chi connectivity index (χ4n) is 2.12. The summed E-state index contributed by atoms with van der Waals surface area (Å²) in [5.41, 5.74) is 1.95. The molecule has 0 unspecified atom stereocenters. The Hall–Kier alpha value is -1.55. The van der Waals surface area contributed by atoms with E-state index in [1.165, 1.54) is 0 Å². The molecular formula is C19H27ClO4. The number of esters is 2. The predicted octanol–water partition coefficient (Wildman–Crippen LogP) is 4.76. The van der Waals surface area contributed by atoms with Crippen LogP contribution in [0.2, 0.25) is 0 Å². The summed E-state index contributed by atoms with van der Waals surface area (Å²) in [4.78, 5) is 23.2. The van der Waals surface area contributed by atoms with E-state index in [1.807, 2.05) is 24.3 Å². The van der Waals surface area contributed by atoms with E-state index < -0.39 is 0 Å². The van der Waals surface area contributed by atoms with E-state index in [2.05, 4.69) is 6.92 Å². The molecule has 24 heavy (non-hydrogen) atoms. The first kappa shape index (κ1) is 20.5. The lowest BCUT2D eigenvalue weighted by Gasteiger charge is -2.06. The Bertz CT molecular complexity index is 485. The quantitative estimate of drug-likeness (QED) is 0.308. The number of ether oxygens (including phenoxy) is 2. The number of carbonyl (C=O) groups excluding carboxylic acids is 2. The first-order valence-corrected chi connectivity index (χ1v) is 9.14. The molecule has 0 saturated carbocycles. The molecule has 1 aromatic carbocycles. The van der Waals surface area contributed by atoms with E-state index in [0.717, 1.165) is 36.8 Å². The number of halogens is 1. The first-order chi connectivity index (χ1) is 11.7. The fraction of sp³-hybridized carbons (Fsp3) is 0.579. The van der Waals surface area contributed by atoms with Crippen molar-refractivity contribution in [2.45, 2.75) is 64.4 Å². The molecule has 5 heteroatoms. The summed E-state index contributed by atoms with van der Waals surface area (Å²) in [6.45, 7) is 2.85. The van der Waals surface area contributed by atoms with Gasteiger partial charge < -0.3 is 9.47 Å². The third kappa shape index (κ3) is 9.56. The monoisotopic (exact) mass is 354 g/mol. The normalized spacial score (nSPS) is 10.4. The second kappa shape index (κ2) is 12.8. The maximum absolute atomic E-state index is 11.7. The van der Waals surface area contributed by atoms with Gasteiger partial charge in [-0.2, -0.15) is 0 Å². The van der Waals surface area contributed by atoms with E-state index in [-0.39, 0.29) is 31.4 Å². The maximum atomic E-state index is 11.7. The van der Waals surface area contributed by atoms with Crippen molar-refractivity contribution < 1.29 is 19.1 Å². The van der Waals surface area contributed by atoms with Gasteiger partial charge in [0.15, 0.2) is 0 Å². The molecule has 0 N–H and O–H groups in total. The first-order valence-electron chi connectivity index (χ1n) is 8.60. The van der Waals surface area contributed by atoms with Crippen LogP contribution >= 0.6 is 11.6 Å². The van der Waals surface area contributed by atoms with Crippen molar-refractivity contribution in [1.29, 1.82) is 0 Å². The van der Waals surface area contributed by atoms with E-state index >= 15 is 0 Å². The molecule has 0 aliphatic carbocycles. The summed E-state index contributed by atoms with van der Waals surface area (Å²) in [5.74, 6) is -0.0717. The summed E-state index contributed by atoms with van der Waals surface area (Å²) < 4.78 is 10.3. The molecule has 0 fully saturated rings. The van der Waals surface area contributed by atoms with Gasteiger partial charge in [-0.25, -0.2) is 0 Å². The van der Waals surface area contributed by atoms with Crippen LogP contribution in [0.4, 0.5) is 0 Å². The molecule has 0 aliphatic rings. The summed E-state index contributed by atoms with van der Waals surface area (Å²) in [7, 11) is 0. The largest absolute Gasteiger partial charge is 0.466 e. The Kier molecular flexibility index (Phi) is 10.9. The second-order valence-corrected chi connectivity index (χ2v) is 6.01. The van der Waals surface area contributed by atoms with Crippen molar-refractivity contribution in [3.05, 3.63) is 35.4 Å². The van der Waals surface area contributed by atoms with Gasteiger partial charge in [0.2, 0.25) is 0 Å². The SMILES string of the molecule is CCCCCCOC(=O)CCCC(=O)OCc1ccc(CCl)cc1. The van der Waals surface area contributed by atoms with Crippen LogP contribution in [0.1, 0.15) is 63.0 Å². The minimum absolute atomic E-state index is 0.227. The fourth-order valence-corrected chi connectivity index (χ4v) is 2.30. The Balaban J connectivity index is 2.07. The van der Waals surface area contributed by atoms with Crippen LogP contribution in [0.3, 0.4) is 0 Å². The van der Waals surface area contributed by atoms with Crippen molar-refractivity contribution >= 4 is 23.5 Å². The number of alkyl halides is 1. The van der Waals surface area contributed by atoms with Gasteiger partial charge in [-0.05, 0) is 24.0 Å². The molecule has 1 aromatic rings. The van der Waals surface area contributed by atoms with Gasteiger partial charge in [-0.3, -0.25) is 9.59 Å². The van der Waals surface area contributed by atoms with Crippen LogP contribution in [-0.4, -0.2) is 18.5 Å². The molecule has 0 radical (unpaired) electrons. The lowest BCUT2D eigenvalue weighted by Crippen LogP contribution is -2.09. The van der Waals surface area contributed by atoms with Gasteiger partial charge >= 0.3 is 11.9 Å². The van der Waals surface area contributed by atoms with Gasteiger partial charge in [0, 0.05) is 18.7 Å². The van der Waals surface area contributed by atoms with E-state index in [1.54, 1.807) is 0 Å². The second-order valence-electron chi connectivity index (χ2n) is 5.75. The standard InChI is InChI=1S/C19H27ClO4/c1-2-3-4-5-13-23-18(21)7-6-8-19(22)24-15-17-11-9-16(14-20)10-12-17/h9-12H,2-8,13-15H2,1H3. The zero-order chi connectivity index (χ0) is 17.6. The van der Waals surface area contributed by atoms with Gasteiger partial charge in [-0.1, -0.05) is 50.5 Å². The highest BCUT2D eigenvalue weighted by molar-refractivity contribution is 6.17. The van der Waals surface area contributed by atoms with Crippen LogP contribution in [-0.2, 0) is 31.5 Å². The van der Waals surface area contributed by atoms with Gasteiger partial charge in [-0.15, -0.1) is 11.6 Å². The highest BCUT2D eigenvalue weighted by atomic mass is 35.5. The van der Waals surface area contributed by atoms with Crippen molar-refractivity contribution in [2.75, 3.05) is 6.61 Å². The molecule has 134 valence electrons. The highest BCUT2D eigenvalue weighted by Gasteiger charge is 2.07. The molecule has 0 saturated heterocycles. The van der Waals surface area contributed by atoms with Crippen LogP contribution in [0.15, 0.2) is 24.3 Å². The Morgan fingerprint density at radius 1 is 0.875 bits per heavy atom. The van der Waals surface area contributed by atoms with Gasteiger partial charge in [0.1, 0.15) is 6.61 Å². The third-order valence-corrected chi connectivity index (χ3v) is 3.91. The molecule has 0 aliphatic heterocycles.